The van der Waals surface area contributed by atoms with Crippen molar-refractivity contribution >= 4 is 53.8 Å². The van der Waals surface area contributed by atoms with Crippen LogP contribution in [-0.2, 0) is 0 Å². The van der Waals surface area contributed by atoms with Crippen LogP contribution in [0.4, 0.5) is 0 Å². The predicted molar refractivity (Wildman–Crippen MR) is 154 cm³/mol. The monoisotopic (exact) mass is 506 g/mol. The van der Waals surface area contributed by atoms with Gasteiger partial charge in [0.15, 0.2) is 17.3 Å². The van der Waals surface area contributed by atoms with Gasteiger partial charge in [-0.05, 0) is 36.4 Å². The van der Waals surface area contributed by atoms with Crippen LogP contribution in [0.5, 0.6) is 0 Å². The van der Waals surface area contributed by atoms with E-state index in [2.05, 4.69) is 75.2 Å². The molecule has 0 unspecified atom stereocenters. The van der Waals surface area contributed by atoms with E-state index in [1.807, 2.05) is 42.5 Å². The fraction of sp³-hybridized carbons (Fsp3) is 0. The molecule has 0 radical (unpaired) electrons. The lowest BCUT2D eigenvalue weighted by Gasteiger charge is -2.08. The molecule has 0 atom stereocenters. The quantitative estimate of drug-likeness (QED) is 0.249. The molecule has 4 aromatic heterocycles. The molecule has 0 aliphatic heterocycles. The SMILES string of the molecule is c1ccc(-c2ncnc(-c3ccc(-n4c5ccccc5c5nc6c(nc54)sc4ccccc46)cc3)n2)cc1. The van der Waals surface area contributed by atoms with Gasteiger partial charge in [0.25, 0.3) is 0 Å². The zero-order chi connectivity index (χ0) is 25.1. The van der Waals surface area contributed by atoms with Crippen LogP contribution in [0, 0.1) is 0 Å². The van der Waals surface area contributed by atoms with Gasteiger partial charge in [0, 0.05) is 32.3 Å². The van der Waals surface area contributed by atoms with Crippen LogP contribution in [-0.4, -0.2) is 29.5 Å². The van der Waals surface area contributed by atoms with Crippen molar-refractivity contribution in [3.63, 3.8) is 0 Å². The third-order valence-electron chi connectivity index (χ3n) is 6.79. The van der Waals surface area contributed by atoms with E-state index in [0.717, 1.165) is 54.6 Å². The van der Waals surface area contributed by atoms with E-state index in [1.165, 1.54) is 4.70 Å². The Morgan fingerprint density at radius 1 is 0.553 bits per heavy atom. The van der Waals surface area contributed by atoms with Crippen LogP contribution in [0.2, 0.25) is 0 Å². The Balaban J connectivity index is 1.29. The van der Waals surface area contributed by atoms with Crippen LogP contribution in [0.3, 0.4) is 0 Å². The Hall–Kier alpha value is -5.01. The third-order valence-corrected chi connectivity index (χ3v) is 7.85. The molecule has 178 valence electrons. The molecule has 4 heterocycles. The molecule has 0 saturated carbocycles. The smallest absolute Gasteiger partial charge is 0.166 e. The van der Waals surface area contributed by atoms with Crippen LogP contribution in [0.25, 0.3) is 71.0 Å². The van der Waals surface area contributed by atoms with Gasteiger partial charge in [0.2, 0.25) is 0 Å². The number of para-hydroxylation sites is 1. The van der Waals surface area contributed by atoms with Gasteiger partial charge in [-0.2, -0.15) is 0 Å². The standard InChI is InChI=1S/C31H18N6S/c1-2-8-19(9-3-1)28-32-18-33-29(35-28)20-14-16-21(17-15-20)37-24-12-6-4-10-22(24)26-30(37)36-31-27(34-26)23-11-5-7-13-25(23)38-31/h1-18H. The summed E-state index contributed by atoms with van der Waals surface area (Å²) in [4.78, 5) is 24.7. The van der Waals surface area contributed by atoms with Gasteiger partial charge in [0.1, 0.15) is 22.2 Å². The fourth-order valence-corrected chi connectivity index (χ4v) is 6.03. The summed E-state index contributed by atoms with van der Waals surface area (Å²) in [5.41, 5.74) is 6.68. The minimum Gasteiger partial charge on any atom is -0.292 e. The second-order valence-electron chi connectivity index (χ2n) is 9.05. The van der Waals surface area contributed by atoms with Crippen molar-refractivity contribution in [2.75, 3.05) is 0 Å². The maximum Gasteiger partial charge on any atom is 0.166 e. The lowest BCUT2D eigenvalue weighted by Crippen LogP contribution is -1.97. The van der Waals surface area contributed by atoms with E-state index in [4.69, 9.17) is 15.0 Å². The first-order chi connectivity index (χ1) is 18.8. The van der Waals surface area contributed by atoms with Crippen molar-refractivity contribution in [2.24, 2.45) is 0 Å². The average molecular weight is 507 g/mol. The van der Waals surface area contributed by atoms with Gasteiger partial charge in [-0.1, -0.05) is 66.7 Å². The fourth-order valence-electron chi connectivity index (χ4n) is 5.02. The number of nitrogens with zero attached hydrogens (tertiary/aromatic N) is 6. The van der Waals surface area contributed by atoms with Gasteiger partial charge in [-0.15, -0.1) is 11.3 Å². The Morgan fingerprint density at radius 3 is 2.05 bits per heavy atom. The van der Waals surface area contributed by atoms with E-state index < -0.39 is 0 Å². The van der Waals surface area contributed by atoms with Gasteiger partial charge in [-0.3, -0.25) is 4.57 Å². The van der Waals surface area contributed by atoms with Gasteiger partial charge in [-0.25, -0.2) is 24.9 Å². The number of thiophene rings is 1. The third kappa shape index (κ3) is 3.22. The summed E-state index contributed by atoms with van der Waals surface area (Å²) in [6.45, 7) is 0. The second kappa shape index (κ2) is 8.26. The number of fused-ring (bicyclic) bond motifs is 6. The van der Waals surface area contributed by atoms with Crippen molar-refractivity contribution in [2.45, 2.75) is 0 Å². The highest BCUT2D eigenvalue weighted by Crippen LogP contribution is 2.36. The zero-order valence-corrected chi connectivity index (χ0v) is 20.8. The molecule has 7 heteroatoms. The Morgan fingerprint density at radius 2 is 1.24 bits per heavy atom. The lowest BCUT2D eigenvalue weighted by atomic mass is 10.1. The maximum atomic E-state index is 5.14. The normalized spacial score (nSPS) is 11.7. The highest BCUT2D eigenvalue weighted by molar-refractivity contribution is 7.25. The average Bonchev–Trinajstić information content (AvgIpc) is 3.51. The number of rotatable bonds is 3. The van der Waals surface area contributed by atoms with Crippen molar-refractivity contribution < 1.29 is 0 Å². The molecule has 0 N–H and O–H groups in total. The minimum absolute atomic E-state index is 0.638. The molecule has 0 spiro atoms. The molecule has 0 amide bonds. The molecule has 38 heavy (non-hydrogen) atoms. The maximum absolute atomic E-state index is 5.14. The van der Waals surface area contributed by atoms with E-state index in [-0.39, 0.29) is 0 Å². The van der Waals surface area contributed by atoms with Gasteiger partial charge >= 0.3 is 0 Å². The first-order valence-corrected chi connectivity index (χ1v) is 13.1. The van der Waals surface area contributed by atoms with Crippen LogP contribution in [0.1, 0.15) is 0 Å². The van der Waals surface area contributed by atoms with Crippen LogP contribution < -0.4 is 0 Å². The number of benzene rings is 4. The summed E-state index contributed by atoms with van der Waals surface area (Å²) >= 11 is 1.68. The summed E-state index contributed by atoms with van der Waals surface area (Å²) in [5, 5.41) is 2.23. The summed E-state index contributed by atoms with van der Waals surface area (Å²) in [5.74, 6) is 1.30. The second-order valence-corrected chi connectivity index (χ2v) is 10.1. The Kier molecular flexibility index (Phi) is 4.59. The Bertz CT molecular complexity index is 2130. The Labute approximate surface area is 220 Å². The summed E-state index contributed by atoms with van der Waals surface area (Å²) in [6, 6.07) is 34.9. The van der Waals surface area contributed by atoms with E-state index in [1.54, 1.807) is 17.7 Å². The summed E-state index contributed by atoms with van der Waals surface area (Å²) < 4.78 is 3.39. The number of aromatic nitrogens is 6. The molecule has 0 bridgehead atoms. The lowest BCUT2D eigenvalue weighted by molar-refractivity contribution is 1.06. The van der Waals surface area contributed by atoms with Gasteiger partial charge in [0.05, 0.1) is 5.52 Å². The molecule has 0 fully saturated rings. The summed E-state index contributed by atoms with van der Waals surface area (Å²) in [7, 11) is 0. The molecule has 0 saturated heterocycles. The minimum atomic E-state index is 0.638. The topological polar surface area (TPSA) is 69.4 Å². The molecular formula is C31H18N6S. The first kappa shape index (κ1) is 21.1. The van der Waals surface area contributed by atoms with Crippen molar-refractivity contribution in [3.8, 4) is 28.5 Å². The molecule has 8 rings (SSSR count). The molecular weight excluding hydrogens is 488 g/mol. The highest BCUT2D eigenvalue weighted by Gasteiger charge is 2.18. The molecule has 8 aromatic rings. The van der Waals surface area contributed by atoms with Crippen molar-refractivity contribution in [3.05, 3.63) is 109 Å². The van der Waals surface area contributed by atoms with Crippen LogP contribution >= 0.6 is 11.3 Å². The van der Waals surface area contributed by atoms with Gasteiger partial charge < -0.3 is 0 Å². The predicted octanol–water partition coefficient (Wildman–Crippen LogP) is 7.46. The van der Waals surface area contributed by atoms with E-state index >= 15 is 0 Å². The molecule has 0 aliphatic carbocycles. The number of hydrogen-bond acceptors (Lipinski definition) is 6. The first-order valence-electron chi connectivity index (χ1n) is 12.3. The van der Waals surface area contributed by atoms with Crippen molar-refractivity contribution in [1.82, 2.24) is 29.5 Å². The number of hydrogen-bond donors (Lipinski definition) is 0. The molecule has 4 aromatic carbocycles. The summed E-state index contributed by atoms with van der Waals surface area (Å²) in [6.07, 6.45) is 1.57. The van der Waals surface area contributed by atoms with Crippen molar-refractivity contribution in [1.29, 1.82) is 0 Å². The largest absolute Gasteiger partial charge is 0.292 e. The highest BCUT2D eigenvalue weighted by atomic mass is 32.1. The zero-order valence-electron chi connectivity index (χ0n) is 20.0. The molecule has 6 nitrogen and oxygen atoms in total. The molecule has 0 aliphatic rings. The van der Waals surface area contributed by atoms with E-state index in [9.17, 15) is 0 Å². The van der Waals surface area contributed by atoms with Crippen LogP contribution in [0.15, 0.2) is 109 Å². The van der Waals surface area contributed by atoms with E-state index in [0.29, 0.717) is 11.6 Å².